The highest BCUT2D eigenvalue weighted by Crippen LogP contribution is 2.39. The molecule has 0 aliphatic carbocycles. The molecule has 7 heteroatoms. The van der Waals surface area contributed by atoms with Gasteiger partial charge in [0.25, 0.3) is 0 Å². The monoisotopic (exact) mass is 395 g/mol. The minimum absolute atomic E-state index is 0.0749. The topological polar surface area (TPSA) is 34.4 Å². The van der Waals surface area contributed by atoms with Crippen LogP contribution in [-0.4, -0.2) is 59.7 Å². The Kier molecular flexibility index (Phi) is 4.92. The van der Waals surface area contributed by atoms with Gasteiger partial charge in [-0.05, 0) is 40.0 Å². The Bertz CT molecular complexity index is 690. The van der Waals surface area contributed by atoms with E-state index in [-0.39, 0.29) is 11.9 Å². The molecule has 1 unspecified atom stereocenters. The first-order chi connectivity index (χ1) is 11.4. The average Bonchev–Trinajstić information content (AvgIpc) is 2.51. The van der Waals surface area contributed by atoms with Crippen LogP contribution in [0, 0.1) is 5.82 Å². The van der Waals surface area contributed by atoms with E-state index in [2.05, 4.69) is 42.9 Å². The second kappa shape index (κ2) is 6.80. The van der Waals surface area contributed by atoms with E-state index in [0.29, 0.717) is 5.69 Å². The molecule has 0 amide bonds. The van der Waals surface area contributed by atoms with E-state index in [1.807, 2.05) is 31.8 Å². The smallest absolute Gasteiger partial charge is 0.223 e. The van der Waals surface area contributed by atoms with Gasteiger partial charge >= 0.3 is 0 Å². The Morgan fingerprint density at radius 3 is 2.54 bits per heavy atom. The van der Waals surface area contributed by atoms with Crippen LogP contribution in [-0.2, 0) is 0 Å². The molecule has 3 rings (SSSR count). The van der Waals surface area contributed by atoms with Gasteiger partial charge in [0.05, 0.1) is 6.04 Å². The van der Waals surface area contributed by atoms with Crippen LogP contribution in [0.15, 0.2) is 26.7 Å². The van der Waals surface area contributed by atoms with Crippen molar-refractivity contribution in [2.24, 2.45) is 10.1 Å². The summed E-state index contributed by atoms with van der Waals surface area (Å²) in [7, 11) is 2.11. The Morgan fingerprint density at radius 2 is 1.92 bits per heavy atom. The molecular formula is C17H23BrFN5. The predicted octanol–water partition coefficient (Wildman–Crippen LogP) is 3.60. The number of hydrogen-bond donors (Lipinski definition) is 0. The molecule has 1 aromatic carbocycles. The molecule has 1 aromatic rings. The Labute approximate surface area is 151 Å². The lowest BCUT2D eigenvalue weighted by Gasteiger charge is -2.41. The number of benzene rings is 1. The summed E-state index contributed by atoms with van der Waals surface area (Å²) in [6.07, 6.45) is 0. The predicted molar refractivity (Wildman–Crippen MR) is 99.3 cm³/mol. The number of guanidine groups is 1. The summed E-state index contributed by atoms with van der Waals surface area (Å²) in [5.41, 5.74) is 2.23. The van der Waals surface area contributed by atoms with Gasteiger partial charge in [-0.3, -0.25) is 0 Å². The summed E-state index contributed by atoms with van der Waals surface area (Å²) in [5.74, 6) is 0.445. The molecule has 0 saturated carbocycles. The van der Waals surface area contributed by atoms with Crippen molar-refractivity contribution in [3.63, 3.8) is 0 Å². The third-order valence-electron chi connectivity index (χ3n) is 4.39. The second-order valence-electron chi connectivity index (χ2n) is 6.60. The van der Waals surface area contributed by atoms with E-state index < -0.39 is 0 Å². The number of likely N-dealkylation sites (N-methyl/N-ethyl adjacent to an activating group) is 1. The van der Waals surface area contributed by atoms with Gasteiger partial charge in [-0.1, -0.05) is 15.9 Å². The molecule has 5 nitrogen and oxygen atoms in total. The van der Waals surface area contributed by atoms with Crippen LogP contribution in [0.2, 0.25) is 0 Å². The molecule has 2 aliphatic rings. The fourth-order valence-corrected chi connectivity index (χ4v) is 3.49. The summed E-state index contributed by atoms with van der Waals surface area (Å²) < 4.78 is 15.2. The van der Waals surface area contributed by atoms with Crippen molar-refractivity contribution in [2.45, 2.75) is 26.8 Å². The number of hydrogen-bond acceptors (Lipinski definition) is 5. The quantitative estimate of drug-likeness (QED) is 0.681. The largest absolute Gasteiger partial charge is 0.338 e. The van der Waals surface area contributed by atoms with E-state index in [9.17, 15) is 4.39 Å². The normalized spacial score (nSPS) is 21.4. The van der Waals surface area contributed by atoms with E-state index in [0.717, 1.165) is 47.9 Å². The van der Waals surface area contributed by atoms with E-state index in [1.165, 1.54) is 6.07 Å². The lowest BCUT2D eigenvalue weighted by atomic mass is 10.0. The zero-order valence-corrected chi connectivity index (χ0v) is 16.1. The molecule has 0 radical (unpaired) electrons. The van der Waals surface area contributed by atoms with Gasteiger partial charge in [-0.2, -0.15) is 5.10 Å². The van der Waals surface area contributed by atoms with E-state index in [4.69, 9.17) is 0 Å². The van der Waals surface area contributed by atoms with Crippen molar-refractivity contribution in [3.8, 4) is 0 Å². The minimum Gasteiger partial charge on any atom is -0.338 e. The van der Waals surface area contributed by atoms with Crippen LogP contribution in [0.3, 0.4) is 0 Å². The third-order valence-corrected chi connectivity index (χ3v) is 4.84. The fourth-order valence-electron chi connectivity index (χ4n) is 3.05. The van der Waals surface area contributed by atoms with Gasteiger partial charge in [0, 0.05) is 41.9 Å². The van der Waals surface area contributed by atoms with Gasteiger partial charge in [-0.15, -0.1) is 0 Å². The maximum absolute atomic E-state index is 14.5. The van der Waals surface area contributed by atoms with Crippen LogP contribution < -0.4 is 0 Å². The molecule has 1 saturated heterocycles. The average molecular weight is 396 g/mol. The maximum atomic E-state index is 14.5. The van der Waals surface area contributed by atoms with Crippen molar-refractivity contribution in [2.75, 3.05) is 33.2 Å². The van der Waals surface area contributed by atoms with Crippen molar-refractivity contribution in [1.29, 1.82) is 0 Å². The summed E-state index contributed by atoms with van der Waals surface area (Å²) in [6, 6.07) is 3.33. The van der Waals surface area contributed by atoms with Crippen LogP contribution in [0.5, 0.6) is 0 Å². The molecule has 2 heterocycles. The lowest BCUT2D eigenvalue weighted by Crippen LogP contribution is -2.52. The number of piperazine rings is 1. The Balaban J connectivity index is 2.07. The van der Waals surface area contributed by atoms with Gasteiger partial charge in [0.15, 0.2) is 0 Å². The molecule has 0 spiro atoms. The van der Waals surface area contributed by atoms with Gasteiger partial charge in [0.1, 0.15) is 11.5 Å². The standard InChI is InChI=1S/C17H23BrFN5/c1-11(2)21-24-12(3)14-9-13(18)10-15(19)16(14)20-17(24)23-7-5-22(4)6-8-23/h9-10,12H,5-8H2,1-4H3. The van der Waals surface area contributed by atoms with Gasteiger partial charge < -0.3 is 9.80 Å². The highest BCUT2D eigenvalue weighted by atomic mass is 79.9. The molecule has 1 atom stereocenters. The molecule has 130 valence electrons. The lowest BCUT2D eigenvalue weighted by molar-refractivity contribution is 0.186. The zero-order chi connectivity index (χ0) is 17.4. The first-order valence-corrected chi connectivity index (χ1v) is 8.98. The summed E-state index contributed by atoms with van der Waals surface area (Å²) in [6.45, 7) is 9.63. The van der Waals surface area contributed by atoms with Crippen molar-refractivity contribution >= 4 is 33.3 Å². The van der Waals surface area contributed by atoms with Gasteiger partial charge in [0.2, 0.25) is 5.96 Å². The van der Waals surface area contributed by atoms with E-state index in [1.54, 1.807) is 0 Å². The van der Waals surface area contributed by atoms with Crippen molar-refractivity contribution in [3.05, 3.63) is 28.0 Å². The zero-order valence-electron chi connectivity index (χ0n) is 14.6. The molecule has 1 fully saturated rings. The van der Waals surface area contributed by atoms with Gasteiger partial charge in [-0.25, -0.2) is 14.4 Å². The molecule has 0 bridgehead atoms. The summed E-state index contributed by atoms with van der Waals surface area (Å²) in [5, 5.41) is 6.60. The van der Waals surface area contributed by atoms with E-state index >= 15 is 0 Å². The number of fused-ring (bicyclic) bond motifs is 1. The molecule has 2 aliphatic heterocycles. The maximum Gasteiger partial charge on any atom is 0.223 e. The first kappa shape index (κ1) is 17.4. The summed E-state index contributed by atoms with van der Waals surface area (Å²) >= 11 is 3.38. The highest BCUT2D eigenvalue weighted by molar-refractivity contribution is 9.10. The number of nitrogens with zero attached hydrogens (tertiary/aromatic N) is 5. The number of aliphatic imine (C=N–C) groups is 1. The Morgan fingerprint density at radius 1 is 1.25 bits per heavy atom. The third kappa shape index (κ3) is 3.32. The van der Waals surface area contributed by atoms with Crippen molar-refractivity contribution in [1.82, 2.24) is 14.8 Å². The highest BCUT2D eigenvalue weighted by Gasteiger charge is 2.33. The SMILES string of the molecule is CC(C)=NN1C(N2CCN(C)CC2)=Nc2c(F)cc(Br)cc2C1C. The summed E-state index contributed by atoms with van der Waals surface area (Å²) in [4.78, 5) is 9.15. The molecule has 0 N–H and O–H groups in total. The van der Waals surface area contributed by atoms with Crippen LogP contribution in [0.1, 0.15) is 32.4 Å². The Hall–Kier alpha value is -1.47. The molecule has 0 aromatic heterocycles. The minimum atomic E-state index is -0.297. The van der Waals surface area contributed by atoms with Crippen LogP contribution in [0.25, 0.3) is 0 Å². The fraction of sp³-hybridized carbons (Fsp3) is 0.529. The van der Waals surface area contributed by atoms with Crippen molar-refractivity contribution < 1.29 is 4.39 Å². The first-order valence-electron chi connectivity index (χ1n) is 8.19. The number of rotatable bonds is 1. The van der Waals surface area contributed by atoms with Crippen LogP contribution in [0.4, 0.5) is 10.1 Å². The number of halogens is 2. The van der Waals surface area contributed by atoms with Crippen LogP contribution >= 0.6 is 15.9 Å². The molecule has 24 heavy (non-hydrogen) atoms. The second-order valence-corrected chi connectivity index (χ2v) is 7.51. The number of hydrazone groups is 1. The molecular weight excluding hydrogens is 373 g/mol.